The number of carbonyl (C=O) groups is 1. The Morgan fingerprint density at radius 3 is 2.87 bits per heavy atom. The number of aromatic nitrogens is 2. The number of hydrogen-bond donors (Lipinski definition) is 2. The topological polar surface area (TPSA) is 66.6 Å². The lowest BCUT2D eigenvalue weighted by Gasteiger charge is -2.19. The first-order valence-corrected chi connectivity index (χ1v) is 7.66. The molecule has 5 nitrogen and oxygen atoms in total. The van der Waals surface area contributed by atoms with Crippen LogP contribution < -0.4 is 5.32 Å². The summed E-state index contributed by atoms with van der Waals surface area (Å²) >= 11 is 0. The van der Waals surface area contributed by atoms with E-state index in [4.69, 9.17) is 5.11 Å². The minimum Gasteiger partial charge on any atom is -0.396 e. The number of nitrogens with zero attached hydrogens (tertiary/aromatic N) is 2. The van der Waals surface area contributed by atoms with Gasteiger partial charge in [-0.15, -0.1) is 0 Å². The Hall–Kier alpha value is -2.66. The highest BCUT2D eigenvalue weighted by atomic mass is 16.3. The van der Waals surface area contributed by atoms with Crippen molar-refractivity contribution in [2.45, 2.75) is 18.9 Å². The number of carbonyl (C=O) groups excluding carboxylic acids is 1. The van der Waals surface area contributed by atoms with E-state index < -0.39 is 0 Å². The zero-order valence-corrected chi connectivity index (χ0v) is 12.7. The number of benzene rings is 1. The fourth-order valence-electron chi connectivity index (χ4n) is 2.60. The molecule has 0 aliphatic heterocycles. The highest BCUT2D eigenvalue weighted by molar-refractivity contribution is 5.95. The van der Waals surface area contributed by atoms with Crippen molar-refractivity contribution in [1.82, 2.24) is 14.7 Å². The Bertz CT molecular complexity index is 783. The molecule has 2 heterocycles. The second-order valence-corrected chi connectivity index (χ2v) is 5.44. The average molecular weight is 309 g/mol. The average Bonchev–Trinajstić information content (AvgIpc) is 3.06. The molecule has 1 aromatic carbocycles. The molecular weight excluding hydrogens is 290 g/mol. The SMILES string of the molecule is O=C(NC(CCCO)c1ccccc1)c1ccn2cncc2c1. The lowest BCUT2D eigenvalue weighted by molar-refractivity contribution is 0.0932. The summed E-state index contributed by atoms with van der Waals surface area (Å²) in [5, 5.41) is 12.1. The van der Waals surface area contributed by atoms with Gasteiger partial charge in [-0.3, -0.25) is 4.79 Å². The van der Waals surface area contributed by atoms with Crippen LogP contribution in [0.4, 0.5) is 0 Å². The number of imidazole rings is 1. The highest BCUT2D eigenvalue weighted by Crippen LogP contribution is 2.19. The third-order valence-electron chi connectivity index (χ3n) is 3.83. The van der Waals surface area contributed by atoms with Gasteiger partial charge in [-0.25, -0.2) is 4.98 Å². The van der Waals surface area contributed by atoms with Crippen molar-refractivity contribution < 1.29 is 9.90 Å². The van der Waals surface area contributed by atoms with E-state index in [1.807, 2.05) is 47.0 Å². The van der Waals surface area contributed by atoms with Crippen LogP contribution in [-0.2, 0) is 0 Å². The lowest BCUT2D eigenvalue weighted by Crippen LogP contribution is -2.28. The number of fused-ring (bicyclic) bond motifs is 1. The summed E-state index contributed by atoms with van der Waals surface area (Å²) in [6.45, 7) is 0.112. The zero-order valence-electron chi connectivity index (χ0n) is 12.7. The maximum Gasteiger partial charge on any atom is 0.251 e. The quantitative estimate of drug-likeness (QED) is 0.735. The van der Waals surface area contributed by atoms with Gasteiger partial charge in [0.05, 0.1) is 24.1 Å². The molecule has 0 aliphatic carbocycles. The molecule has 3 rings (SSSR count). The van der Waals surface area contributed by atoms with E-state index in [-0.39, 0.29) is 18.6 Å². The Balaban J connectivity index is 1.79. The predicted molar refractivity (Wildman–Crippen MR) is 88.2 cm³/mol. The molecule has 1 amide bonds. The van der Waals surface area contributed by atoms with Gasteiger partial charge < -0.3 is 14.8 Å². The zero-order chi connectivity index (χ0) is 16.1. The highest BCUT2D eigenvalue weighted by Gasteiger charge is 2.15. The van der Waals surface area contributed by atoms with Gasteiger partial charge in [0.1, 0.15) is 0 Å². The first-order valence-electron chi connectivity index (χ1n) is 7.66. The molecule has 0 saturated heterocycles. The molecule has 23 heavy (non-hydrogen) atoms. The van der Waals surface area contributed by atoms with Crippen LogP contribution in [0.15, 0.2) is 61.2 Å². The number of pyridine rings is 1. The molecule has 2 aromatic heterocycles. The van der Waals surface area contributed by atoms with E-state index in [0.29, 0.717) is 18.4 Å². The van der Waals surface area contributed by atoms with E-state index >= 15 is 0 Å². The van der Waals surface area contributed by atoms with Crippen LogP contribution in [0.3, 0.4) is 0 Å². The summed E-state index contributed by atoms with van der Waals surface area (Å²) in [4.78, 5) is 16.6. The van der Waals surface area contributed by atoms with Gasteiger partial charge in [0.2, 0.25) is 0 Å². The van der Waals surface area contributed by atoms with Crippen LogP contribution >= 0.6 is 0 Å². The minimum absolute atomic E-state index is 0.112. The lowest BCUT2D eigenvalue weighted by atomic mass is 10.0. The van der Waals surface area contributed by atoms with E-state index in [1.165, 1.54) is 0 Å². The van der Waals surface area contributed by atoms with Crippen LogP contribution in [-0.4, -0.2) is 27.0 Å². The molecule has 1 unspecified atom stereocenters. The van der Waals surface area contributed by atoms with E-state index in [1.54, 1.807) is 18.6 Å². The monoisotopic (exact) mass is 309 g/mol. The molecular formula is C18H19N3O2. The normalized spacial score (nSPS) is 12.2. The molecule has 118 valence electrons. The Labute approximate surface area is 134 Å². The van der Waals surface area contributed by atoms with Gasteiger partial charge >= 0.3 is 0 Å². The van der Waals surface area contributed by atoms with Gasteiger partial charge in [-0.2, -0.15) is 0 Å². The maximum absolute atomic E-state index is 12.6. The van der Waals surface area contributed by atoms with E-state index in [0.717, 1.165) is 11.1 Å². The van der Waals surface area contributed by atoms with Crippen LogP contribution in [0.5, 0.6) is 0 Å². The number of aliphatic hydroxyl groups excluding tert-OH is 1. The van der Waals surface area contributed by atoms with Crippen LogP contribution in [0.25, 0.3) is 5.52 Å². The van der Waals surface area contributed by atoms with Crippen molar-refractivity contribution in [2.75, 3.05) is 6.61 Å². The summed E-state index contributed by atoms with van der Waals surface area (Å²) in [5.41, 5.74) is 2.52. The molecule has 0 spiro atoms. The number of hydrogen-bond acceptors (Lipinski definition) is 3. The summed E-state index contributed by atoms with van der Waals surface area (Å²) < 4.78 is 1.86. The summed E-state index contributed by atoms with van der Waals surface area (Å²) in [6.07, 6.45) is 6.58. The van der Waals surface area contributed by atoms with Gasteiger partial charge in [-0.05, 0) is 30.5 Å². The summed E-state index contributed by atoms with van der Waals surface area (Å²) in [5.74, 6) is -0.125. The van der Waals surface area contributed by atoms with Crippen molar-refractivity contribution in [3.05, 3.63) is 72.3 Å². The third kappa shape index (κ3) is 3.57. The molecule has 5 heteroatoms. The molecule has 2 N–H and O–H groups in total. The molecule has 0 aliphatic rings. The van der Waals surface area contributed by atoms with Crippen LogP contribution in [0, 0.1) is 0 Å². The second kappa shape index (κ2) is 7.07. The molecule has 0 saturated carbocycles. The van der Waals surface area contributed by atoms with Crippen LogP contribution in [0.2, 0.25) is 0 Å². The third-order valence-corrected chi connectivity index (χ3v) is 3.83. The smallest absolute Gasteiger partial charge is 0.251 e. The van der Waals surface area contributed by atoms with Crippen molar-refractivity contribution >= 4 is 11.4 Å². The molecule has 1 atom stereocenters. The summed E-state index contributed by atoms with van der Waals surface area (Å²) in [6, 6.07) is 13.3. The molecule has 0 radical (unpaired) electrons. The van der Waals surface area contributed by atoms with E-state index in [9.17, 15) is 4.79 Å². The van der Waals surface area contributed by atoms with Crippen molar-refractivity contribution in [3.8, 4) is 0 Å². The second-order valence-electron chi connectivity index (χ2n) is 5.44. The van der Waals surface area contributed by atoms with E-state index in [2.05, 4.69) is 10.3 Å². The largest absolute Gasteiger partial charge is 0.396 e. The predicted octanol–water partition coefficient (Wildman–Crippen LogP) is 2.58. The Kier molecular flexibility index (Phi) is 4.68. The number of nitrogens with one attached hydrogen (secondary N) is 1. The standard InChI is InChI=1S/C18H19N3O2/c22-10-4-7-17(14-5-2-1-3-6-14)20-18(23)15-8-9-21-13-19-12-16(21)11-15/h1-3,5-6,8-9,11-13,17,22H,4,7,10H2,(H,20,23). The molecule has 3 aromatic rings. The number of aliphatic hydroxyl groups is 1. The van der Waals surface area contributed by atoms with Crippen molar-refractivity contribution in [3.63, 3.8) is 0 Å². The van der Waals surface area contributed by atoms with Gasteiger partial charge in [0, 0.05) is 18.4 Å². The first kappa shape index (κ1) is 15.2. The van der Waals surface area contributed by atoms with Crippen molar-refractivity contribution in [2.24, 2.45) is 0 Å². The maximum atomic E-state index is 12.6. The Morgan fingerprint density at radius 1 is 1.26 bits per heavy atom. The summed E-state index contributed by atoms with van der Waals surface area (Å²) in [7, 11) is 0. The number of rotatable bonds is 6. The van der Waals surface area contributed by atoms with Gasteiger partial charge in [-0.1, -0.05) is 30.3 Å². The van der Waals surface area contributed by atoms with Crippen molar-refractivity contribution in [1.29, 1.82) is 0 Å². The minimum atomic E-state index is -0.125. The fraction of sp³-hybridized carbons (Fsp3) is 0.222. The molecule has 0 bridgehead atoms. The first-order chi connectivity index (χ1) is 11.3. The van der Waals surface area contributed by atoms with Gasteiger partial charge in [0.15, 0.2) is 0 Å². The van der Waals surface area contributed by atoms with Gasteiger partial charge in [0.25, 0.3) is 5.91 Å². The van der Waals surface area contributed by atoms with Crippen LogP contribution in [0.1, 0.15) is 34.8 Å². The number of amides is 1. The Morgan fingerprint density at radius 2 is 2.09 bits per heavy atom. The fourth-order valence-corrected chi connectivity index (χ4v) is 2.60. The molecule has 0 fully saturated rings.